The molecular weight excluding hydrogens is 214 g/mol. The summed E-state index contributed by atoms with van der Waals surface area (Å²) in [6, 6.07) is 8.00. The van der Waals surface area contributed by atoms with E-state index in [0.717, 1.165) is 17.5 Å². The van der Waals surface area contributed by atoms with Crippen LogP contribution in [0.3, 0.4) is 0 Å². The molecule has 1 aromatic carbocycles. The molecule has 0 aromatic heterocycles. The molecular formula is C14H19NO2. The van der Waals surface area contributed by atoms with E-state index in [2.05, 4.69) is 0 Å². The van der Waals surface area contributed by atoms with Crippen LogP contribution in [0.2, 0.25) is 0 Å². The molecule has 0 saturated heterocycles. The van der Waals surface area contributed by atoms with E-state index in [9.17, 15) is 4.79 Å². The summed E-state index contributed by atoms with van der Waals surface area (Å²) in [7, 11) is 0. The van der Waals surface area contributed by atoms with Crippen molar-refractivity contribution in [1.82, 2.24) is 0 Å². The minimum absolute atomic E-state index is 0.104. The average Bonchev–Trinajstić information content (AvgIpc) is 2.27. The summed E-state index contributed by atoms with van der Waals surface area (Å²) in [4.78, 5) is 11.2. The van der Waals surface area contributed by atoms with Crippen LogP contribution in [0, 0.1) is 0 Å². The molecule has 1 atom stereocenters. The van der Waals surface area contributed by atoms with Gasteiger partial charge < -0.3 is 10.5 Å². The lowest BCUT2D eigenvalue weighted by Gasteiger charge is -2.08. The van der Waals surface area contributed by atoms with Crippen LogP contribution in [-0.4, -0.2) is 18.6 Å². The lowest BCUT2D eigenvalue weighted by molar-refractivity contribution is -0.137. The van der Waals surface area contributed by atoms with Crippen LogP contribution in [0.4, 0.5) is 0 Å². The first-order chi connectivity index (χ1) is 8.13. The Morgan fingerprint density at radius 3 is 2.82 bits per heavy atom. The SMILES string of the molecule is CCOC(=O)/C=C/c1ccccc1CC(C)N. The Bertz CT molecular complexity index is 397. The van der Waals surface area contributed by atoms with Gasteiger partial charge in [-0.1, -0.05) is 24.3 Å². The number of benzene rings is 1. The Morgan fingerprint density at radius 2 is 2.18 bits per heavy atom. The number of esters is 1. The maximum Gasteiger partial charge on any atom is 0.330 e. The maximum absolute atomic E-state index is 11.2. The van der Waals surface area contributed by atoms with Gasteiger partial charge in [-0.3, -0.25) is 0 Å². The number of carbonyl (C=O) groups excluding carboxylic acids is 1. The van der Waals surface area contributed by atoms with Gasteiger partial charge in [0.05, 0.1) is 6.61 Å². The van der Waals surface area contributed by atoms with Crippen molar-refractivity contribution in [1.29, 1.82) is 0 Å². The first-order valence-corrected chi connectivity index (χ1v) is 5.81. The van der Waals surface area contributed by atoms with Crippen LogP contribution in [0.25, 0.3) is 6.08 Å². The topological polar surface area (TPSA) is 52.3 Å². The quantitative estimate of drug-likeness (QED) is 0.626. The molecule has 0 heterocycles. The number of carbonyl (C=O) groups is 1. The Balaban J connectivity index is 2.79. The van der Waals surface area contributed by atoms with Crippen molar-refractivity contribution in [2.24, 2.45) is 5.73 Å². The van der Waals surface area contributed by atoms with Gasteiger partial charge in [0.1, 0.15) is 0 Å². The summed E-state index contributed by atoms with van der Waals surface area (Å²) >= 11 is 0. The molecule has 0 amide bonds. The highest BCUT2D eigenvalue weighted by Crippen LogP contribution is 2.12. The standard InChI is InChI=1S/C14H19NO2/c1-3-17-14(16)9-8-12-6-4-5-7-13(12)10-11(2)15/h4-9,11H,3,10,15H2,1-2H3/b9-8+. The van der Waals surface area contributed by atoms with Crippen molar-refractivity contribution < 1.29 is 9.53 Å². The van der Waals surface area contributed by atoms with Crippen LogP contribution in [0.15, 0.2) is 30.3 Å². The van der Waals surface area contributed by atoms with Crippen molar-refractivity contribution in [3.8, 4) is 0 Å². The zero-order valence-electron chi connectivity index (χ0n) is 10.3. The summed E-state index contributed by atoms with van der Waals surface area (Å²) in [5.41, 5.74) is 7.93. The number of nitrogens with two attached hydrogens (primary N) is 1. The van der Waals surface area contributed by atoms with Gasteiger partial charge in [-0.05, 0) is 37.5 Å². The molecule has 0 bridgehead atoms. The number of hydrogen-bond donors (Lipinski definition) is 1. The molecule has 2 N–H and O–H groups in total. The molecule has 92 valence electrons. The second kappa shape index (κ2) is 6.86. The second-order valence-corrected chi connectivity index (χ2v) is 3.97. The highest BCUT2D eigenvalue weighted by molar-refractivity contribution is 5.87. The van der Waals surface area contributed by atoms with E-state index >= 15 is 0 Å². The highest BCUT2D eigenvalue weighted by Gasteiger charge is 2.02. The molecule has 1 aromatic rings. The van der Waals surface area contributed by atoms with E-state index in [1.54, 1.807) is 13.0 Å². The van der Waals surface area contributed by atoms with E-state index < -0.39 is 0 Å². The minimum atomic E-state index is -0.317. The summed E-state index contributed by atoms with van der Waals surface area (Å²) in [6.07, 6.45) is 4.02. The zero-order valence-corrected chi connectivity index (χ0v) is 10.3. The molecule has 17 heavy (non-hydrogen) atoms. The fourth-order valence-corrected chi connectivity index (χ4v) is 1.58. The molecule has 0 fully saturated rings. The molecule has 0 saturated carbocycles. The Kier molecular flexibility index (Phi) is 5.43. The Labute approximate surface area is 102 Å². The Hall–Kier alpha value is -1.61. The van der Waals surface area contributed by atoms with Crippen molar-refractivity contribution >= 4 is 12.0 Å². The molecule has 1 unspecified atom stereocenters. The van der Waals surface area contributed by atoms with Gasteiger partial charge >= 0.3 is 5.97 Å². The van der Waals surface area contributed by atoms with Crippen LogP contribution < -0.4 is 5.73 Å². The van der Waals surface area contributed by atoms with E-state index in [1.807, 2.05) is 31.2 Å². The van der Waals surface area contributed by atoms with Crippen LogP contribution >= 0.6 is 0 Å². The van der Waals surface area contributed by atoms with Crippen LogP contribution in [0.5, 0.6) is 0 Å². The summed E-state index contributed by atoms with van der Waals surface area (Å²) in [5.74, 6) is -0.317. The van der Waals surface area contributed by atoms with Gasteiger partial charge in [0.15, 0.2) is 0 Å². The fraction of sp³-hybridized carbons (Fsp3) is 0.357. The molecule has 0 aliphatic carbocycles. The van der Waals surface area contributed by atoms with Gasteiger partial charge in [-0.15, -0.1) is 0 Å². The zero-order chi connectivity index (χ0) is 12.7. The van der Waals surface area contributed by atoms with Gasteiger partial charge in [0.2, 0.25) is 0 Å². The number of rotatable bonds is 5. The van der Waals surface area contributed by atoms with Gasteiger partial charge in [-0.2, -0.15) is 0 Å². The first-order valence-electron chi connectivity index (χ1n) is 5.81. The number of hydrogen-bond acceptors (Lipinski definition) is 3. The summed E-state index contributed by atoms with van der Waals surface area (Å²) in [5, 5.41) is 0. The lowest BCUT2D eigenvalue weighted by atomic mass is 10.0. The van der Waals surface area contributed by atoms with E-state index in [0.29, 0.717) is 6.61 Å². The van der Waals surface area contributed by atoms with Gasteiger partial charge in [0.25, 0.3) is 0 Å². The monoisotopic (exact) mass is 233 g/mol. The van der Waals surface area contributed by atoms with E-state index in [1.165, 1.54) is 6.08 Å². The van der Waals surface area contributed by atoms with Crippen LogP contribution in [0.1, 0.15) is 25.0 Å². The molecule has 0 aliphatic rings. The van der Waals surface area contributed by atoms with E-state index in [4.69, 9.17) is 10.5 Å². The molecule has 0 radical (unpaired) electrons. The lowest BCUT2D eigenvalue weighted by Crippen LogP contribution is -2.18. The fourth-order valence-electron chi connectivity index (χ4n) is 1.58. The van der Waals surface area contributed by atoms with Crippen molar-refractivity contribution in [3.05, 3.63) is 41.5 Å². The summed E-state index contributed by atoms with van der Waals surface area (Å²) < 4.78 is 4.83. The third-order valence-electron chi connectivity index (χ3n) is 2.28. The molecule has 0 aliphatic heterocycles. The third kappa shape index (κ3) is 4.83. The van der Waals surface area contributed by atoms with Crippen molar-refractivity contribution in [2.75, 3.05) is 6.61 Å². The normalized spacial score (nSPS) is 12.6. The van der Waals surface area contributed by atoms with Gasteiger partial charge in [0, 0.05) is 12.1 Å². The Morgan fingerprint density at radius 1 is 1.47 bits per heavy atom. The number of ether oxygens (including phenoxy) is 1. The van der Waals surface area contributed by atoms with Gasteiger partial charge in [-0.25, -0.2) is 4.79 Å². The smallest absolute Gasteiger partial charge is 0.330 e. The first kappa shape index (κ1) is 13.5. The average molecular weight is 233 g/mol. The molecule has 1 rings (SSSR count). The van der Waals surface area contributed by atoms with E-state index in [-0.39, 0.29) is 12.0 Å². The minimum Gasteiger partial charge on any atom is -0.463 e. The van der Waals surface area contributed by atoms with Crippen molar-refractivity contribution in [3.63, 3.8) is 0 Å². The highest BCUT2D eigenvalue weighted by atomic mass is 16.5. The molecule has 0 spiro atoms. The predicted octanol–water partition coefficient (Wildman–Crippen LogP) is 2.15. The van der Waals surface area contributed by atoms with Crippen LogP contribution in [-0.2, 0) is 16.0 Å². The predicted molar refractivity (Wildman–Crippen MR) is 69.5 cm³/mol. The largest absolute Gasteiger partial charge is 0.463 e. The molecule has 3 nitrogen and oxygen atoms in total. The third-order valence-corrected chi connectivity index (χ3v) is 2.28. The maximum atomic E-state index is 11.2. The summed E-state index contributed by atoms with van der Waals surface area (Å²) in [6.45, 7) is 4.15. The second-order valence-electron chi connectivity index (χ2n) is 3.97. The molecule has 3 heteroatoms. The van der Waals surface area contributed by atoms with Crippen molar-refractivity contribution in [2.45, 2.75) is 26.3 Å².